The lowest BCUT2D eigenvalue weighted by atomic mass is 10.1. The third kappa shape index (κ3) is 3.70. The minimum Gasteiger partial charge on any atom is -0.482 e. The van der Waals surface area contributed by atoms with Crippen molar-refractivity contribution in [3.8, 4) is 5.75 Å². The average Bonchev–Trinajstić information content (AvgIpc) is 2.56. The van der Waals surface area contributed by atoms with Crippen LogP contribution in [0.15, 0.2) is 18.2 Å². The van der Waals surface area contributed by atoms with Gasteiger partial charge in [-0.3, -0.25) is 24.1 Å². The van der Waals surface area contributed by atoms with Gasteiger partial charge in [0.25, 0.3) is 5.91 Å². The van der Waals surface area contributed by atoms with E-state index in [0.29, 0.717) is 23.4 Å². The molecule has 0 saturated carbocycles. The van der Waals surface area contributed by atoms with E-state index in [4.69, 9.17) is 9.84 Å². The van der Waals surface area contributed by atoms with Gasteiger partial charge in [-0.25, -0.2) is 0 Å². The summed E-state index contributed by atoms with van der Waals surface area (Å²) >= 11 is 0. The Balaban J connectivity index is 2.25. The highest BCUT2D eigenvalue weighted by molar-refractivity contribution is 6.04. The molecule has 1 heterocycles. The summed E-state index contributed by atoms with van der Waals surface area (Å²) in [6.07, 6.45) is 0.310. The zero-order valence-electron chi connectivity index (χ0n) is 13.4. The van der Waals surface area contributed by atoms with Crippen molar-refractivity contribution in [2.75, 3.05) is 18.1 Å². The molecule has 24 heavy (non-hydrogen) atoms. The lowest BCUT2D eigenvalue weighted by Crippen LogP contribution is -2.48. The van der Waals surface area contributed by atoms with Crippen LogP contribution in [0.3, 0.4) is 0 Å². The molecule has 2 rings (SSSR count). The molecule has 1 unspecified atom stereocenters. The fraction of sp³-hybridized carbons (Fsp3) is 0.375. The van der Waals surface area contributed by atoms with Gasteiger partial charge in [0.15, 0.2) is 12.4 Å². The minimum absolute atomic E-state index is 0.0975. The number of nitrogens with zero attached hydrogens (tertiary/aromatic N) is 1. The second kappa shape index (κ2) is 7.12. The van der Waals surface area contributed by atoms with Crippen molar-refractivity contribution in [2.24, 2.45) is 0 Å². The number of amides is 2. The zero-order valence-corrected chi connectivity index (χ0v) is 13.4. The second-order valence-electron chi connectivity index (χ2n) is 5.36. The number of rotatable bonds is 6. The number of fused-ring (bicyclic) bond motifs is 1. The molecule has 0 aliphatic carbocycles. The molecule has 2 amide bonds. The first kappa shape index (κ1) is 17.5. The van der Waals surface area contributed by atoms with E-state index in [-0.39, 0.29) is 18.9 Å². The fourth-order valence-corrected chi connectivity index (χ4v) is 2.25. The minimum atomic E-state index is -1.17. The summed E-state index contributed by atoms with van der Waals surface area (Å²) < 4.78 is 5.31. The first-order valence-electron chi connectivity index (χ1n) is 7.46. The van der Waals surface area contributed by atoms with Crippen molar-refractivity contribution >= 4 is 29.3 Å². The van der Waals surface area contributed by atoms with Gasteiger partial charge in [-0.15, -0.1) is 0 Å². The highest BCUT2D eigenvalue weighted by Crippen LogP contribution is 2.33. The monoisotopic (exact) mass is 334 g/mol. The van der Waals surface area contributed by atoms with Gasteiger partial charge < -0.3 is 15.2 Å². The maximum Gasteiger partial charge on any atom is 0.325 e. The van der Waals surface area contributed by atoms with Crippen LogP contribution in [0.1, 0.15) is 30.6 Å². The molecular weight excluding hydrogens is 316 g/mol. The highest BCUT2D eigenvalue weighted by atomic mass is 16.5. The maximum atomic E-state index is 12.1. The van der Waals surface area contributed by atoms with Crippen LogP contribution in [0.2, 0.25) is 0 Å². The molecule has 128 valence electrons. The third-order valence-electron chi connectivity index (χ3n) is 3.59. The molecular formula is C16H18N2O6. The Bertz CT molecular complexity index is 700. The first-order chi connectivity index (χ1) is 11.3. The number of carbonyl (C=O) groups is 4. The van der Waals surface area contributed by atoms with E-state index in [1.807, 2.05) is 0 Å². The number of hydrogen-bond acceptors (Lipinski definition) is 5. The van der Waals surface area contributed by atoms with Gasteiger partial charge in [0, 0.05) is 12.0 Å². The van der Waals surface area contributed by atoms with Crippen LogP contribution in [0.4, 0.5) is 5.69 Å². The van der Waals surface area contributed by atoms with Gasteiger partial charge in [-0.2, -0.15) is 0 Å². The summed E-state index contributed by atoms with van der Waals surface area (Å²) in [5.74, 6) is -1.94. The molecule has 0 bridgehead atoms. The Morgan fingerprint density at radius 2 is 2.08 bits per heavy atom. The number of carbonyl (C=O) groups excluding carboxylic acids is 3. The van der Waals surface area contributed by atoms with Gasteiger partial charge in [-0.05, 0) is 25.1 Å². The molecule has 1 aromatic carbocycles. The van der Waals surface area contributed by atoms with Crippen molar-refractivity contribution in [2.45, 2.75) is 26.3 Å². The number of anilines is 1. The summed E-state index contributed by atoms with van der Waals surface area (Å²) in [6.45, 7) is 2.47. The number of aliphatic carboxylic acids is 1. The van der Waals surface area contributed by atoms with Crippen molar-refractivity contribution in [1.29, 1.82) is 0 Å². The lowest BCUT2D eigenvalue weighted by molar-refractivity contribution is -0.141. The van der Waals surface area contributed by atoms with Crippen molar-refractivity contribution in [3.63, 3.8) is 0 Å². The van der Waals surface area contributed by atoms with Crippen LogP contribution in [0, 0.1) is 0 Å². The van der Waals surface area contributed by atoms with E-state index in [1.165, 1.54) is 17.9 Å². The molecule has 8 nitrogen and oxygen atoms in total. The summed E-state index contributed by atoms with van der Waals surface area (Å²) in [7, 11) is 0. The summed E-state index contributed by atoms with van der Waals surface area (Å²) in [4.78, 5) is 47.9. The van der Waals surface area contributed by atoms with Crippen molar-refractivity contribution < 1.29 is 29.0 Å². The molecule has 0 spiro atoms. The largest absolute Gasteiger partial charge is 0.482 e. The topological polar surface area (TPSA) is 113 Å². The van der Waals surface area contributed by atoms with E-state index >= 15 is 0 Å². The zero-order chi connectivity index (χ0) is 17.9. The number of benzene rings is 1. The summed E-state index contributed by atoms with van der Waals surface area (Å²) in [5, 5.41) is 11.1. The SMILES string of the molecule is CCC(=O)c1ccc2c(c1)N(CC(=O)NC(C)C(=O)O)C(=O)CO2. The van der Waals surface area contributed by atoms with Gasteiger partial charge in [0.05, 0.1) is 5.69 Å². The average molecular weight is 334 g/mol. The Labute approximate surface area is 138 Å². The van der Waals surface area contributed by atoms with Crippen LogP contribution < -0.4 is 15.0 Å². The molecule has 1 aliphatic rings. The third-order valence-corrected chi connectivity index (χ3v) is 3.59. The molecule has 2 N–H and O–H groups in total. The quantitative estimate of drug-likeness (QED) is 0.736. The molecule has 0 aromatic heterocycles. The van der Waals surface area contributed by atoms with Gasteiger partial charge >= 0.3 is 5.97 Å². The Kier molecular flexibility index (Phi) is 5.18. The first-order valence-corrected chi connectivity index (χ1v) is 7.46. The van der Waals surface area contributed by atoms with E-state index in [2.05, 4.69) is 5.32 Å². The molecule has 8 heteroatoms. The van der Waals surface area contributed by atoms with Crippen LogP contribution in [-0.2, 0) is 14.4 Å². The Hall–Kier alpha value is -2.90. The number of ether oxygens (including phenoxy) is 1. The Morgan fingerprint density at radius 1 is 1.38 bits per heavy atom. The lowest BCUT2D eigenvalue weighted by Gasteiger charge is -2.29. The van der Waals surface area contributed by atoms with Crippen molar-refractivity contribution in [3.05, 3.63) is 23.8 Å². The smallest absolute Gasteiger partial charge is 0.325 e. The van der Waals surface area contributed by atoms with Gasteiger partial charge in [0.1, 0.15) is 18.3 Å². The molecule has 1 aromatic rings. The molecule has 0 fully saturated rings. The summed E-state index contributed by atoms with van der Waals surface area (Å²) in [6, 6.07) is 3.62. The maximum absolute atomic E-state index is 12.1. The molecule has 0 saturated heterocycles. The highest BCUT2D eigenvalue weighted by Gasteiger charge is 2.29. The van der Waals surface area contributed by atoms with Gasteiger partial charge in [0.2, 0.25) is 5.91 Å². The van der Waals surface area contributed by atoms with E-state index < -0.39 is 23.8 Å². The fourth-order valence-electron chi connectivity index (χ4n) is 2.25. The predicted molar refractivity (Wildman–Crippen MR) is 84.2 cm³/mol. The number of carboxylic acid groups (broad SMARTS) is 1. The molecule has 1 atom stereocenters. The number of ketones is 1. The predicted octanol–water partition coefficient (Wildman–Crippen LogP) is 0.594. The van der Waals surface area contributed by atoms with Crippen LogP contribution in [0.25, 0.3) is 0 Å². The number of hydrogen-bond donors (Lipinski definition) is 2. The molecule has 1 aliphatic heterocycles. The van der Waals surface area contributed by atoms with Gasteiger partial charge in [-0.1, -0.05) is 6.92 Å². The van der Waals surface area contributed by atoms with Crippen LogP contribution in [0.5, 0.6) is 5.75 Å². The normalized spacial score (nSPS) is 14.4. The number of carboxylic acids is 1. The Morgan fingerprint density at radius 3 is 2.71 bits per heavy atom. The standard InChI is InChI=1S/C16H18N2O6/c1-3-12(19)10-4-5-13-11(6-10)18(15(21)8-24-13)7-14(20)17-9(2)16(22)23/h4-6,9H,3,7-8H2,1-2H3,(H,17,20)(H,22,23). The molecule has 0 radical (unpaired) electrons. The second-order valence-corrected chi connectivity index (χ2v) is 5.36. The number of nitrogens with one attached hydrogen (secondary N) is 1. The van der Waals surface area contributed by atoms with Crippen LogP contribution >= 0.6 is 0 Å². The van der Waals surface area contributed by atoms with E-state index in [0.717, 1.165) is 0 Å². The van der Waals surface area contributed by atoms with Crippen LogP contribution in [-0.4, -0.2) is 47.9 Å². The number of Topliss-reactive ketones (excluding diaryl/α,β-unsaturated/α-hetero) is 1. The summed E-state index contributed by atoms with van der Waals surface area (Å²) in [5.41, 5.74) is 0.738. The van der Waals surface area contributed by atoms with E-state index in [9.17, 15) is 19.2 Å². The van der Waals surface area contributed by atoms with E-state index in [1.54, 1.807) is 19.1 Å². The van der Waals surface area contributed by atoms with Crippen molar-refractivity contribution in [1.82, 2.24) is 5.32 Å².